The predicted octanol–water partition coefficient (Wildman–Crippen LogP) is 3.77. The van der Waals surface area contributed by atoms with E-state index >= 15 is 0 Å². The summed E-state index contributed by atoms with van der Waals surface area (Å²) in [6.07, 6.45) is 3.66. The van der Waals surface area contributed by atoms with Gasteiger partial charge in [0.15, 0.2) is 18.0 Å². The Labute approximate surface area is 158 Å². The van der Waals surface area contributed by atoms with Gasteiger partial charge >= 0.3 is 0 Å². The highest BCUT2D eigenvalue weighted by Crippen LogP contribution is 2.24. The molecule has 0 radical (unpaired) electrons. The van der Waals surface area contributed by atoms with Gasteiger partial charge in [0.1, 0.15) is 17.2 Å². The number of aromatic nitrogens is 2. The number of fused-ring (bicyclic) bond motifs is 1. The molecule has 3 heterocycles. The third-order valence-electron chi connectivity index (χ3n) is 4.85. The van der Waals surface area contributed by atoms with E-state index in [9.17, 15) is 4.79 Å². The maximum absolute atomic E-state index is 12.9. The van der Waals surface area contributed by atoms with Crippen LogP contribution in [0.15, 0.2) is 45.6 Å². The number of carbonyl (C=O) groups is 1. The second-order valence-corrected chi connectivity index (χ2v) is 7.16. The van der Waals surface area contributed by atoms with Crippen LogP contribution in [0.1, 0.15) is 58.9 Å². The Morgan fingerprint density at radius 3 is 2.81 bits per heavy atom. The summed E-state index contributed by atoms with van der Waals surface area (Å²) >= 11 is 0. The Morgan fingerprint density at radius 2 is 2.04 bits per heavy atom. The standard InChI is InChI=1S/C21H23N3O3/c1-14(2)20-19(22-13-26-20)21(25)24-11-10-17-16(12-24)23-18(27-17)9-8-15-6-4-3-5-7-15/h3-7,13-14H,8-12H2,1-2H3. The second kappa shape index (κ2) is 7.39. The minimum Gasteiger partial charge on any atom is -0.447 e. The molecule has 0 fully saturated rings. The summed E-state index contributed by atoms with van der Waals surface area (Å²) in [5, 5.41) is 0. The van der Waals surface area contributed by atoms with Crippen LogP contribution >= 0.6 is 0 Å². The SMILES string of the molecule is CC(C)c1ocnc1C(=O)N1CCc2oc(CCc3ccccc3)nc2C1. The molecule has 1 aliphatic heterocycles. The first kappa shape index (κ1) is 17.5. The van der Waals surface area contributed by atoms with Crippen LogP contribution < -0.4 is 0 Å². The van der Waals surface area contributed by atoms with Crippen molar-refractivity contribution in [3.63, 3.8) is 0 Å². The zero-order chi connectivity index (χ0) is 18.8. The van der Waals surface area contributed by atoms with Crippen LogP contribution in [-0.2, 0) is 25.8 Å². The summed E-state index contributed by atoms with van der Waals surface area (Å²) in [6.45, 7) is 5.03. The molecule has 6 heteroatoms. The molecule has 0 atom stereocenters. The van der Waals surface area contributed by atoms with Crippen LogP contribution in [0.4, 0.5) is 0 Å². The Morgan fingerprint density at radius 1 is 1.22 bits per heavy atom. The number of carbonyl (C=O) groups excluding carboxylic acids is 1. The first-order chi connectivity index (χ1) is 13.1. The molecule has 6 nitrogen and oxygen atoms in total. The lowest BCUT2D eigenvalue weighted by molar-refractivity contribution is 0.0719. The Kier molecular flexibility index (Phi) is 4.79. The summed E-state index contributed by atoms with van der Waals surface area (Å²) in [6, 6.07) is 10.3. The largest absolute Gasteiger partial charge is 0.447 e. The molecule has 3 aromatic rings. The van der Waals surface area contributed by atoms with Gasteiger partial charge in [0, 0.05) is 25.3 Å². The third kappa shape index (κ3) is 3.65. The topological polar surface area (TPSA) is 72.4 Å². The average molecular weight is 365 g/mol. The number of aryl methyl sites for hydroxylation is 2. The third-order valence-corrected chi connectivity index (χ3v) is 4.85. The predicted molar refractivity (Wildman–Crippen MR) is 99.4 cm³/mol. The summed E-state index contributed by atoms with van der Waals surface area (Å²) < 4.78 is 11.3. The molecule has 0 N–H and O–H groups in total. The number of hydrogen-bond acceptors (Lipinski definition) is 5. The highest BCUT2D eigenvalue weighted by atomic mass is 16.4. The molecule has 0 bridgehead atoms. The van der Waals surface area contributed by atoms with Crippen molar-refractivity contribution in [3.8, 4) is 0 Å². The Hall–Kier alpha value is -2.89. The Bertz CT molecular complexity index is 927. The molecule has 0 spiro atoms. The fourth-order valence-corrected chi connectivity index (χ4v) is 3.40. The first-order valence-corrected chi connectivity index (χ1v) is 9.36. The molecule has 1 amide bonds. The smallest absolute Gasteiger partial charge is 0.276 e. The van der Waals surface area contributed by atoms with Gasteiger partial charge in [-0.15, -0.1) is 0 Å². The fraction of sp³-hybridized carbons (Fsp3) is 0.381. The van der Waals surface area contributed by atoms with Gasteiger partial charge < -0.3 is 13.7 Å². The Balaban J connectivity index is 1.44. The van der Waals surface area contributed by atoms with E-state index in [2.05, 4.69) is 22.1 Å². The minimum atomic E-state index is -0.105. The van der Waals surface area contributed by atoms with E-state index in [0.29, 0.717) is 31.0 Å². The van der Waals surface area contributed by atoms with Crippen molar-refractivity contribution >= 4 is 5.91 Å². The van der Waals surface area contributed by atoms with Gasteiger partial charge in [0.2, 0.25) is 0 Å². The van der Waals surface area contributed by atoms with Crippen molar-refractivity contribution in [1.29, 1.82) is 0 Å². The molecule has 140 valence electrons. The molecule has 1 aromatic carbocycles. The molecule has 0 aliphatic carbocycles. The van der Waals surface area contributed by atoms with Crippen LogP contribution in [0.25, 0.3) is 0 Å². The summed E-state index contributed by atoms with van der Waals surface area (Å²) in [5.74, 6) is 2.28. The number of hydrogen-bond donors (Lipinski definition) is 0. The van der Waals surface area contributed by atoms with Crippen LogP contribution in [0.5, 0.6) is 0 Å². The molecule has 1 aliphatic rings. The van der Waals surface area contributed by atoms with Gasteiger partial charge in [-0.3, -0.25) is 4.79 Å². The van der Waals surface area contributed by atoms with Crippen LogP contribution in [0.3, 0.4) is 0 Å². The van der Waals surface area contributed by atoms with E-state index < -0.39 is 0 Å². The average Bonchev–Trinajstić information content (AvgIpc) is 3.32. The van der Waals surface area contributed by atoms with Gasteiger partial charge in [0.05, 0.1) is 6.54 Å². The molecule has 2 aromatic heterocycles. The minimum absolute atomic E-state index is 0.105. The zero-order valence-electron chi connectivity index (χ0n) is 15.6. The highest BCUT2D eigenvalue weighted by Gasteiger charge is 2.29. The molecular formula is C21H23N3O3. The maximum Gasteiger partial charge on any atom is 0.276 e. The van der Waals surface area contributed by atoms with Gasteiger partial charge in [-0.05, 0) is 12.0 Å². The number of rotatable bonds is 5. The quantitative estimate of drug-likeness (QED) is 0.688. The number of nitrogens with zero attached hydrogens (tertiary/aromatic N) is 3. The molecule has 0 saturated heterocycles. The summed E-state index contributed by atoms with van der Waals surface area (Å²) in [7, 11) is 0. The normalized spacial score (nSPS) is 13.8. The lowest BCUT2D eigenvalue weighted by Crippen LogP contribution is -2.36. The van der Waals surface area contributed by atoms with Crippen molar-refractivity contribution in [2.45, 2.75) is 45.6 Å². The van der Waals surface area contributed by atoms with E-state index in [0.717, 1.165) is 30.2 Å². The van der Waals surface area contributed by atoms with Gasteiger partial charge in [-0.25, -0.2) is 9.97 Å². The van der Waals surface area contributed by atoms with Crippen molar-refractivity contribution in [2.75, 3.05) is 6.54 Å². The van der Waals surface area contributed by atoms with Crippen molar-refractivity contribution in [2.24, 2.45) is 0 Å². The molecule has 0 unspecified atom stereocenters. The van der Waals surface area contributed by atoms with E-state index in [-0.39, 0.29) is 11.8 Å². The first-order valence-electron chi connectivity index (χ1n) is 9.36. The van der Waals surface area contributed by atoms with E-state index in [1.807, 2.05) is 32.0 Å². The number of oxazole rings is 2. The van der Waals surface area contributed by atoms with Crippen LogP contribution in [0.2, 0.25) is 0 Å². The lowest BCUT2D eigenvalue weighted by Gasteiger charge is -2.24. The zero-order valence-corrected chi connectivity index (χ0v) is 15.6. The lowest BCUT2D eigenvalue weighted by atomic mass is 10.1. The summed E-state index contributed by atoms with van der Waals surface area (Å²) in [5.41, 5.74) is 2.52. The van der Waals surface area contributed by atoms with Crippen LogP contribution in [-0.4, -0.2) is 27.3 Å². The van der Waals surface area contributed by atoms with E-state index in [1.54, 1.807) is 4.90 Å². The molecular weight excluding hydrogens is 342 g/mol. The second-order valence-electron chi connectivity index (χ2n) is 7.16. The van der Waals surface area contributed by atoms with Gasteiger partial charge in [0.25, 0.3) is 5.91 Å². The number of amides is 1. The maximum atomic E-state index is 12.9. The summed E-state index contributed by atoms with van der Waals surface area (Å²) in [4.78, 5) is 23.4. The van der Waals surface area contributed by atoms with Crippen molar-refractivity contribution in [3.05, 3.63) is 71.1 Å². The van der Waals surface area contributed by atoms with Crippen molar-refractivity contribution in [1.82, 2.24) is 14.9 Å². The van der Waals surface area contributed by atoms with Gasteiger partial charge in [-0.1, -0.05) is 44.2 Å². The monoisotopic (exact) mass is 365 g/mol. The molecule has 27 heavy (non-hydrogen) atoms. The fourth-order valence-electron chi connectivity index (χ4n) is 3.40. The van der Waals surface area contributed by atoms with E-state index in [1.165, 1.54) is 12.0 Å². The van der Waals surface area contributed by atoms with Crippen molar-refractivity contribution < 1.29 is 13.6 Å². The van der Waals surface area contributed by atoms with E-state index in [4.69, 9.17) is 8.83 Å². The number of benzene rings is 1. The van der Waals surface area contributed by atoms with Crippen LogP contribution in [0, 0.1) is 0 Å². The van der Waals surface area contributed by atoms with Gasteiger partial charge in [-0.2, -0.15) is 0 Å². The molecule has 4 rings (SSSR count). The molecule has 0 saturated carbocycles. The highest BCUT2D eigenvalue weighted by molar-refractivity contribution is 5.93.